The third kappa shape index (κ3) is 6.80. The Balaban J connectivity index is 1.82. The van der Waals surface area contributed by atoms with Gasteiger partial charge in [-0.3, -0.25) is 4.79 Å². The predicted molar refractivity (Wildman–Crippen MR) is 120 cm³/mol. The summed E-state index contributed by atoms with van der Waals surface area (Å²) in [4.78, 5) is 12.2. The molecule has 0 spiro atoms. The zero-order chi connectivity index (χ0) is 22.1. The van der Waals surface area contributed by atoms with Crippen molar-refractivity contribution in [2.24, 2.45) is 0 Å². The molecule has 7 nitrogen and oxygen atoms in total. The monoisotopic (exact) mass is 472 g/mol. The number of sulfonamides is 1. The van der Waals surface area contributed by atoms with Gasteiger partial charge in [0.2, 0.25) is 15.9 Å². The number of ether oxygens (including phenoxy) is 2. The van der Waals surface area contributed by atoms with Gasteiger partial charge in [0, 0.05) is 36.2 Å². The van der Waals surface area contributed by atoms with Crippen molar-refractivity contribution in [1.29, 1.82) is 0 Å². The molecule has 0 aliphatic heterocycles. The van der Waals surface area contributed by atoms with E-state index >= 15 is 0 Å². The number of rotatable bonds is 11. The molecule has 0 aromatic heterocycles. The van der Waals surface area contributed by atoms with E-state index in [0.29, 0.717) is 28.8 Å². The van der Waals surface area contributed by atoms with Crippen LogP contribution < -0.4 is 14.8 Å². The molecule has 0 fully saturated rings. The maximum absolute atomic E-state index is 12.7. The molecule has 0 unspecified atom stereocenters. The van der Waals surface area contributed by atoms with Gasteiger partial charge in [-0.25, -0.2) is 8.42 Å². The number of nitrogens with zero attached hydrogens (tertiary/aromatic N) is 1. The first-order chi connectivity index (χ1) is 14.3. The van der Waals surface area contributed by atoms with Crippen molar-refractivity contribution in [2.75, 3.05) is 40.1 Å². The quantitative estimate of drug-likeness (QED) is 0.506. The lowest BCUT2D eigenvalue weighted by Crippen LogP contribution is -2.39. The predicted octanol–water partition coefficient (Wildman–Crippen LogP) is 3.03. The molecular weight excluding hydrogens is 448 g/mol. The molecule has 0 heterocycles. The Morgan fingerprint density at radius 1 is 1.10 bits per heavy atom. The van der Waals surface area contributed by atoms with Crippen molar-refractivity contribution in [3.8, 4) is 11.5 Å². The Kier molecular flexibility index (Phi) is 9.29. The van der Waals surface area contributed by atoms with Crippen LogP contribution in [0.3, 0.4) is 0 Å². The summed E-state index contributed by atoms with van der Waals surface area (Å²) in [5.74, 6) is 1.87. The zero-order valence-electron chi connectivity index (χ0n) is 17.1. The summed E-state index contributed by atoms with van der Waals surface area (Å²) in [6.07, 6.45) is 0. The van der Waals surface area contributed by atoms with E-state index in [2.05, 4.69) is 5.32 Å². The van der Waals surface area contributed by atoms with Gasteiger partial charge >= 0.3 is 0 Å². The summed E-state index contributed by atoms with van der Waals surface area (Å²) in [5.41, 5.74) is 1.15. The molecule has 164 valence electrons. The van der Waals surface area contributed by atoms with E-state index < -0.39 is 10.0 Å². The van der Waals surface area contributed by atoms with E-state index in [0.717, 1.165) is 15.6 Å². The molecule has 1 N–H and O–H groups in total. The number of benzene rings is 2. The maximum Gasteiger partial charge on any atom is 0.243 e. The molecule has 0 saturated carbocycles. The second-order valence-electron chi connectivity index (χ2n) is 6.31. The van der Waals surface area contributed by atoms with E-state index in [9.17, 15) is 13.2 Å². The van der Waals surface area contributed by atoms with Crippen LogP contribution in [0.5, 0.6) is 11.5 Å². The molecule has 2 aromatic rings. The largest absolute Gasteiger partial charge is 0.493 e. The zero-order valence-corrected chi connectivity index (χ0v) is 19.4. The van der Waals surface area contributed by atoms with E-state index in [1.807, 2.05) is 24.3 Å². The summed E-state index contributed by atoms with van der Waals surface area (Å²) >= 11 is 7.53. The van der Waals surface area contributed by atoms with Gasteiger partial charge in [-0.15, -0.1) is 0 Å². The topological polar surface area (TPSA) is 84.9 Å². The molecule has 0 aliphatic carbocycles. The van der Waals surface area contributed by atoms with Gasteiger partial charge in [-0.1, -0.05) is 23.7 Å². The molecule has 2 aromatic carbocycles. The summed E-state index contributed by atoms with van der Waals surface area (Å²) in [5, 5.41) is 3.44. The van der Waals surface area contributed by atoms with Crippen LogP contribution in [-0.4, -0.2) is 58.7 Å². The third-order valence-corrected chi connectivity index (χ3v) is 7.26. The average Bonchev–Trinajstić information content (AvgIpc) is 2.74. The Bertz CT molecular complexity index is 952. The van der Waals surface area contributed by atoms with Crippen molar-refractivity contribution < 1.29 is 22.7 Å². The number of carbonyl (C=O) groups is 1. The lowest BCUT2D eigenvalue weighted by Gasteiger charge is -2.18. The van der Waals surface area contributed by atoms with Crippen LogP contribution in [-0.2, 0) is 20.6 Å². The van der Waals surface area contributed by atoms with Crippen molar-refractivity contribution in [2.45, 2.75) is 10.6 Å². The highest BCUT2D eigenvalue weighted by Crippen LogP contribution is 2.30. The summed E-state index contributed by atoms with van der Waals surface area (Å²) in [6, 6.07) is 11.9. The smallest absolute Gasteiger partial charge is 0.243 e. The van der Waals surface area contributed by atoms with Crippen molar-refractivity contribution >= 4 is 39.3 Å². The minimum absolute atomic E-state index is 0.0222. The number of likely N-dealkylation sites (N-methyl/N-ethyl adjacent to an activating group) is 1. The van der Waals surface area contributed by atoms with Crippen LogP contribution in [0.4, 0.5) is 0 Å². The van der Waals surface area contributed by atoms with Crippen LogP contribution in [0.1, 0.15) is 5.56 Å². The van der Waals surface area contributed by atoms with Crippen molar-refractivity contribution in [3.05, 3.63) is 53.1 Å². The highest BCUT2D eigenvalue weighted by atomic mass is 35.5. The fraction of sp³-hybridized carbons (Fsp3) is 0.350. The molecule has 0 bridgehead atoms. The average molecular weight is 473 g/mol. The highest BCUT2D eigenvalue weighted by molar-refractivity contribution is 7.98. The highest BCUT2D eigenvalue weighted by Gasteiger charge is 2.24. The van der Waals surface area contributed by atoms with Crippen molar-refractivity contribution in [3.63, 3.8) is 0 Å². The lowest BCUT2D eigenvalue weighted by atomic mass is 10.2. The van der Waals surface area contributed by atoms with E-state index in [1.165, 1.54) is 39.5 Å². The van der Waals surface area contributed by atoms with E-state index in [-0.39, 0.29) is 17.3 Å². The number of thioether (sulfide) groups is 1. The van der Waals surface area contributed by atoms with E-state index in [1.54, 1.807) is 11.8 Å². The van der Waals surface area contributed by atoms with Gasteiger partial charge in [0.15, 0.2) is 11.5 Å². The number of halogens is 1. The molecular formula is C20H25ClN2O5S2. The van der Waals surface area contributed by atoms with Crippen molar-refractivity contribution in [1.82, 2.24) is 9.62 Å². The minimum atomic E-state index is -3.85. The third-order valence-electron chi connectivity index (χ3n) is 4.18. The van der Waals surface area contributed by atoms with E-state index in [4.69, 9.17) is 21.1 Å². The molecule has 0 atom stereocenters. The molecule has 0 aliphatic rings. The number of carbonyl (C=O) groups excluding carboxylic acids is 1. The summed E-state index contributed by atoms with van der Waals surface area (Å²) < 4.78 is 36.7. The minimum Gasteiger partial charge on any atom is -0.493 e. The van der Waals surface area contributed by atoms with Gasteiger partial charge < -0.3 is 14.8 Å². The first kappa shape index (κ1) is 24.3. The van der Waals surface area contributed by atoms with Crippen LogP contribution >= 0.6 is 23.4 Å². The fourth-order valence-electron chi connectivity index (χ4n) is 2.53. The Hall–Kier alpha value is -1.94. The SMILES string of the molecule is COc1ccc(S(=O)(=O)N(C)CC(=O)NCCSCc2ccc(Cl)cc2)cc1OC. The number of amides is 1. The van der Waals surface area contributed by atoms with Gasteiger partial charge in [-0.05, 0) is 29.8 Å². The van der Waals surface area contributed by atoms with Gasteiger partial charge in [0.25, 0.3) is 0 Å². The Labute approximate surface area is 186 Å². The number of hydrogen-bond acceptors (Lipinski definition) is 6. The number of methoxy groups -OCH3 is 2. The first-order valence-electron chi connectivity index (χ1n) is 9.05. The fourth-order valence-corrected chi connectivity index (χ4v) is 4.62. The second-order valence-corrected chi connectivity index (χ2v) is 9.89. The molecule has 0 radical (unpaired) electrons. The molecule has 1 amide bonds. The Morgan fingerprint density at radius 3 is 2.40 bits per heavy atom. The summed E-state index contributed by atoms with van der Waals surface area (Å²) in [6.45, 7) is 0.167. The van der Waals surface area contributed by atoms with Gasteiger partial charge in [-0.2, -0.15) is 16.1 Å². The van der Waals surface area contributed by atoms with Gasteiger partial charge in [0.1, 0.15) is 0 Å². The van der Waals surface area contributed by atoms with Crippen LogP contribution in [0.2, 0.25) is 5.02 Å². The van der Waals surface area contributed by atoms with Crippen LogP contribution in [0.25, 0.3) is 0 Å². The molecule has 2 rings (SSSR count). The summed E-state index contributed by atoms with van der Waals surface area (Å²) in [7, 11) is 0.412. The molecule has 30 heavy (non-hydrogen) atoms. The van der Waals surface area contributed by atoms with Crippen LogP contribution in [0, 0.1) is 0 Å². The maximum atomic E-state index is 12.7. The lowest BCUT2D eigenvalue weighted by molar-refractivity contribution is -0.121. The number of hydrogen-bond donors (Lipinski definition) is 1. The molecule has 0 saturated heterocycles. The first-order valence-corrected chi connectivity index (χ1v) is 12.0. The molecule has 10 heteroatoms. The second kappa shape index (κ2) is 11.5. The standard InChI is InChI=1S/C20H25ClN2O5S2/c1-23(30(25,26)17-8-9-18(27-2)19(12-17)28-3)13-20(24)22-10-11-29-14-15-4-6-16(21)7-5-15/h4-9,12H,10-11,13-14H2,1-3H3,(H,22,24). The number of nitrogens with one attached hydrogen (secondary N) is 1. The van der Waals surface area contributed by atoms with Gasteiger partial charge in [0.05, 0.1) is 25.7 Å². The van der Waals surface area contributed by atoms with Crippen LogP contribution in [0.15, 0.2) is 47.4 Å². The Morgan fingerprint density at radius 2 is 1.77 bits per heavy atom. The normalized spacial score (nSPS) is 11.4.